The van der Waals surface area contributed by atoms with Gasteiger partial charge >= 0.3 is 0 Å². The zero-order valence-electron chi connectivity index (χ0n) is 13.2. The first-order valence-electron chi connectivity index (χ1n) is 7.09. The first kappa shape index (κ1) is 16.5. The van der Waals surface area contributed by atoms with Gasteiger partial charge in [0, 0.05) is 10.9 Å². The third-order valence-electron chi connectivity index (χ3n) is 3.39. The number of hydrogen-bond acceptors (Lipinski definition) is 5. The van der Waals surface area contributed by atoms with Gasteiger partial charge in [0.2, 0.25) is 5.91 Å². The van der Waals surface area contributed by atoms with Crippen LogP contribution in [0.2, 0.25) is 0 Å². The summed E-state index contributed by atoms with van der Waals surface area (Å²) in [6.07, 6.45) is 0. The standard InChI is InChI=1S/C16H21N3O2S/c1-9(2)14(17)15(20)19-16-18-12(8-22-16)11-7-10(3)5-6-13(11)21-4/h5-9,14H,17H2,1-4H3,(H,18,19,20)/t14-/m0/s1. The van der Waals surface area contributed by atoms with Crippen LogP contribution in [0.4, 0.5) is 5.13 Å². The Balaban J connectivity index is 2.22. The molecular formula is C16H21N3O2S. The molecule has 2 aromatic rings. The molecule has 0 fully saturated rings. The zero-order chi connectivity index (χ0) is 16.3. The maximum atomic E-state index is 12.0. The van der Waals surface area contributed by atoms with Crippen LogP contribution < -0.4 is 15.8 Å². The Morgan fingerprint density at radius 2 is 2.14 bits per heavy atom. The number of anilines is 1. The van der Waals surface area contributed by atoms with Crippen LogP contribution in [-0.4, -0.2) is 24.0 Å². The maximum Gasteiger partial charge on any atom is 0.243 e. The second-order valence-corrected chi connectivity index (χ2v) is 6.36. The zero-order valence-corrected chi connectivity index (χ0v) is 14.0. The monoisotopic (exact) mass is 319 g/mol. The fourth-order valence-electron chi connectivity index (χ4n) is 1.97. The van der Waals surface area contributed by atoms with E-state index in [1.54, 1.807) is 7.11 Å². The van der Waals surface area contributed by atoms with Crippen LogP contribution in [0.5, 0.6) is 5.75 Å². The van der Waals surface area contributed by atoms with Gasteiger partial charge < -0.3 is 15.8 Å². The van der Waals surface area contributed by atoms with Crippen LogP contribution in [0.25, 0.3) is 11.3 Å². The predicted molar refractivity (Wildman–Crippen MR) is 90.3 cm³/mol. The van der Waals surface area contributed by atoms with Crippen molar-refractivity contribution in [3.8, 4) is 17.0 Å². The van der Waals surface area contributed by atoms with E-state index in [2.05, 4.69) is 10.3 Å². The number of carbonyl (C=O) groups excluding carboxylic acids is 1. The second-order valence-electron chi connectivity index (χ2n) is 5.50. The topological polar surface area (TPSA) is 77.2 Å². The summed E-state index contributed by atoms with van der Waals surface area (Å²) in [5.41, 5.74) is 8.64. The third-order valence-corrected chi connectivity index (χ3v) is 4.14. The first-order valence-corrected chi connectivity index (χ1v) is 7.97. The molecule has 6 heteroatoms. The quantitative estimate of drug-likeness (QED) is 0.888. The molecule has 5 nitrogen and oxygen atoms in total. The number of carbonyl (C=O) groups is 1. The number of nitrogens with zero attached hydrogens (tertiary/aromatic N) is 1. The summed E-state index contributed by atoms with van der Waals surface area (Å²) < 4.78 is 5.37. The van der Waals surface area contributed by atoms with E-state index in [-0.39, 0.29) is 11.8 Å². The Hall–Kier alpha value is -1.92. The molecule has 0 radical (unpaired) electrons. The number of amides is 1. The second kappa shape index (κ2) is 6.89. The van der Waals surface area contributed by atoms with Crippen LogP contribution in [0, 0.1) is 12.8 Å². The highest BCUT2D eigenvalue weighted by Crippen LogP contribution is 2.33. The number of methoxy groups -OCH3 is 1. The highest BCUT2D eigenvalue weighted by atomic mass is 32.1. The molecule has 1 atom stereocenters. The van der Waals surface area contributed by atoms with Gasteiger partial charge in [0.1, 0.15) is 5.75 Å². The largest absolute Gasteiger partial charge is 0.496 e. The smallest absolute Gasteiger partial charge is 0.243 e. The summed E-state index contributed by atoms with van der Waals surface area (Å²) in [4.78, 5) is 16.4. The molecule has 0 aliphatic heterocycles. The van der Waals surface area contributed by atoms with Crippen LogP contribution in [0.15, 0.2) is 23.6 Å². The number of hydrogen-bond donors (Lipinski definition) is 2. The number of aromatic nitrogens is 1. The van der Waals surface area contributed by atoms with Crippen LogP contribution in [0.3, 0.4) is 0 Å². The molecule has 22 heavy (non-hydrogen) atoms. The summed E-state index contributed by atoms with van der Waals surface area (Å²) in [5.74, 6) is 0.621. The van der Waals surface area contributed by atoms with Crippen molar-refractivity contribution in [2.75, 3.05) is 12.4 Å². The van der Waals surface area contributed by atoms with Gasteiger partial charge in [-0.1, -0.05) is 25.5 Å². The fourth-order valence-corrected chi connectivity index (χ4v) is 2.68. The summed E-state index contributed by atoms with van der Waals surface area (Å²) in [5, 5.41) is 5.21. The molecule has 1 amide bonds. The minimum atomic E-state index is -0.541. The van der Waals surface area contributed by atoms with E-state index in [0.717, 1.165) is 22.6 Å². The lowest BCUT2D eigenvalue weighted by molar-refractivity contribution is -0.118. The molecule has 2 rings (SSSR count). The number of nitrogens with two attached hydrogens (primary N) is 1. The predicted octanol–water partition coefficient (Wildman–Crippen LogP) is 3.05. The van der Waals surface area contributed by atoms with Crippen molar-refractivity contribution in [3.63, 3.8) is 0 Å². The SMILES string of the molecule is COc1ccc(C)cc1-c1csc(NC(=O)[C@@H](N)C(C)C)n1. The molecule has 1 aromatic carbocycles. The Morgan fingerprint density at radius 1 is 1.41 bits per heavy atom. The van der Waals surface area contributed by atoms with E-state index < -0.39 is 6.04 Å². The molecule has 0 bridgehead atoms. The van der Waals surface area contributed by atoms with Crippen molar-refractivity contribution < 1.29 is 9.53 Å². The van der Waals surface area contributed by atoms with Crippen molar-refractivity contribution in [1.29, 1.82) is 0 Å². The minimum Gasteiger partial charge on any atom is -0.496 e. The normalized spacial score (nSPS) is 12.3. The number of ether oxygens (including phenoxy) is 1. The Labute approximate surface area is 134 Å². The van der Waals surface area contributed by atoms with Crippen LogP contribution >= 0.6 is 11.3 Å². The Kier molecular flexibility index (Phi) is 5.15. The molecule has 0 saturated carbocycles. The molecule has 1 aromatic heterocycles. The van der Waals surface area contributed by atoms with Crippen molar-refractivity contribution in [2.45, 2.75) is 26.8 Å². The minimum absolute atomic E-state index is 0.0799. The summed E-state index contributed by atoms with van der Waals surface area (Å²) >= 11 is 1.37. The van der Waals surface area contributed by atoms with Crippen LogP contribution in [-0.2, 0) is 4.79 Å². The van der Waals surface area contributed by atoms with Gasteiger partial charge in [0.15, 0.2) is 5.13 Å². The number of thiazole rings is 1. The van der Waals surface area contributed by atoms with Crippen molar-refractivity contribution in [1.82, 2.24) is 4.98 Å². The van der Waals surface area contributed by atoms with E-state index in [4.69, 9.17) is 10.5 Å². The molecule has 0 aliphatic rings. The summed E-state index contributed by atoms with van der Waals surface area (Å²) in [6, 6.07) is 5.37. The van der Waals surface area contributed by atoms with Gasteiger partial charge in [-0.25, -0.2) is 4.98 Å². The van der Waals surface area contributed by atoms with Gasteiger partial charge in [0.05, 0.1) is 18.8 Å². The number of benzene rings is 1. The number of aryl methyl sites for hydroxylation is 1. The lowest BCUT2D eigenvalue weighted by atomic mass is 10.1. The average Bonchev–Trinajstić information content (AvgIpc) is 2.94. The molecule has 1 heterocycles. The molecule has 0 spiro atoms. The van der Waals surface area contributed by atoms with Crippen LogP contribution in [0.1, 0.15) is 19.4 Å². The van der Waals surface area contributed by atoms with Gasteiger partial charge in [-0.05, 0) is 25.0 Å². The van der Waals surface area contributed by atoms with Crippen molar-refractivity contribution in [3.05, 3.63) is 29.1 Å². The van der Waals surface area contributed by atoms with E-state index in [1.165, 1.54) is 11.3 Å². The lowest BCUT2D eigenvalue weighted by Crippen LogP contribution is -2.39. The molecule has 118 valence electrons. The molecule has 3 N–H and O–H groups in total. The van der Waals surface area contributed by atoms with Gasteiger partial charge in [0.25, 0.3) is 0 Å². The number of nitrogens with one attached hydrogen (secondary N) is 1. The molecule has 0 unspecified atom stereocenters. The van der Waals surface area contributed by atoms with Gasteiger partial charge in [-0.15, -0.1) is 11.3 Å². The summed E-state index contributed by atoms with van der Waals surface area (Å²) in [7, 11) is 1.63. The number of rotatable bonds is 5. The fraction of sp³-hybridized carbons (Fsp3) is 0.375. The van der Waals surface area contributed by atoms with Gasteiger partial charge in [-0.3, -0.25) is 4.79 Å². The highest BCUT2D eigenvalue weighted by molar-refractivity contribution is 7.14. The molecule has 0 aliphatic carbocycles. The molecular weight excluding hydrogens is 298 g/mol. The van der Waals surface area contributed by atoms with E-state index in [1.807, 2.05) is 44.4 Å². The highest BCUT2D eigenvalue weighted by Gasteiger charge is 2.19. The Morgan fingerprint density at radius 3 is 2.77 bits per heavy atom. The van der Waals surface area contributed by atoms with E-state index >= 15 is 0 Å². The van der Waals surface area contributed by atoms with E-state index in [9.17, 15) is 4.79 Å². The van der Waals surface area contributed by atoms with Crippen molar-refractivity contribution in [2.24, 2.45) is 11.7 Å². The van der Waals surface area contributed by atoms with Crippen molar-refractivity contribution >= 4 is 22.4 Å². The van der Waals surface area contributed by atoms with E-state index in [0.29, 0.717) is 5.13 Å². The summed E-state index contributed by atoms with van der Waals surface area (Å²) in [6.45, 7) is 5.84. The lowest BCUT2D eigenvalue weighted by Gasteiger charge is -2.13. The first-order chi connectivity index (χ1) is 10.4. The third kappa shape index (κ3) is 3.64. The van der Waals surface area contributed by atoms with Gasteiger partial charge in [-0.2, -0.15) is 0 Å². The Bertz CT molecular complexity index is 667. The maximum absolute atomic E-state index is 12.0. The average molecular weight is 319 g/mol. The molecule has 0 saturated heterocycles.